The van der Waals surface area contributed by atoms with Crippen LogP contribution in [0.15, 0.2) is 18.2 Å². The number of carboxylic acid groups (broad SMARTS) is 1. The number of benzene rings is 1. The molecule has 3 saturated heterocycles. The number of ether oxygens (including phenoxy) is 1. The number of piperidine rings is 1. The number of alkyl halides is 3. The van der Waals surface area contributed by atoms with Crippen molar-refractivity contribution in [1.82, 2.24) is 20.0 Å². The van der Waals surface area contributed by atoms with Crippen molar-refractivity contribution in [2.75, 3.05) is 32.7 Å². The Labute approximate surface area is 185 Å². The van der Waals surface area contributed by atoms with Crippen molar-refractivity contribution in [1.29, 1.82) is 0 Å². The van der Waals surface area contributed by atoms with Crippen LogP contribution in [0.1, 0.15) is 17.5 Å². The maximum absolute atomic E-state index is 13.9. The van der Waals surface area contributed by atoms with Gasteiger partial charge in [0.25, 0.3) is 0 Å². The zero-order chi connectivity index (χ0) is 23.9. The molecule has 3 aliphatic rings. The molecule has 1 aromatic rings. The molecule has 9 nitrogen and oxygen atoms in total. The zero-order valence-electron chi connectivity index (χ0n) is 17.3. The normalized spacial score (nSPS) is 23.6. The van der Waals surface area contributed by atoms with Crippen LogP contribution >= 0.6 is 0 Å². The van der Waals surface area contributed by atoms with Gasteiger partial charge >= 0.3 is 18.3 Å². The summed E-state index contributed by atoms with van der Waals surface area (Å²) in [5.41, 5.74) is -1.08. The van der Waals surface area contributed by atoms with Crippen LogP contribution in [0.2, 0.25) is 0 Å². The number of hydrogen-bond acceptors (Lipinski definition) is 4. The second-order valence-electron chi connectivity index (χ2n) is 8.31. The summed E-state index contributed by atoms with van der Waals surface area (Å²) in [5, 5.41) is 12.0. The van der Waals surface area contributed by atoms with Crippen molar-refractivity contribution in [2.45, 2.75) is 37.4 Å². The summed E-state index contributed by atoms with van der Waals surface area (Å²) in [4.78, 5) is 40.1. The van der Waals surface area contributed by atoms with Gasteiger partial charge in [0.1, 0.15) is 12.4 Å². The van der Waals surface area contributed by atoms with Gasteiger partial charge in [0.05, 0.1) is 43.4 Å². The van der Waals surface area contributed by atoms with E-state index in [9.17, 15) is 37.1 Å². The van der Waals surface area contributed by atoms with Crippen molar-refractivity contribution in [3.8, 4) is 0 Å². The molecule has 0 saturated carbocycles. The SMILES string of the molecule is O=C1CN(C(=O)O)C2CCN(C(=O)N3CC(OCc4ccc(C(F)(F)F)cc4F)C3)CC2N1. The molecular weight excluding hydrogens is 452 g/mol. The smallest absolute Gasteiger partial charge is 0.416 e. The maximum atomic E-state index is 13.9. The molecule has 2 atom stereocenters. The Morgan fingerprint density at radius 2 is 1.91 bits per heavy atom. The Morgan fingerprint density at radius 1 is 1.18 bits per heavy atom. The summed E-state index contributed by atoms with van der Waals surface area (Å²) in [6, 6.07) is 1.08. The van der Waals surface area contributed by atoms with E-state index in [4.69, 9.17) is 4.74 Å². The Bertz CT molecular complexity index is 953. The Hall–Kier alpha value is -3.09. The van der Waals surface area contributed by atoms with Crippen LogP contribution < -0.4 is 5.32 Å². The lowest BCUT2D eigenvalue weighted by atomic mass is 9.95. The molecule has 0 aliphatic carbocycles. The number of halogens is 4. The molecule has 33 heavy (non-hydrogen) atoms. The van der Waals surface area contributed by atoms with E-state index in [1.807, 2.05) is 0 Å². The molecular formula is C20H22F4N4O5. The van der Waals surface area contributed by atoms with Crippen LogP contribution in [0.3, 0.4) is 0 Å². The number of rotatable bonds is 3. The predicted octanol–water partition coefficient (Wildman–Crippen LogP) is 1.72. The quantitative estimate of drug-likeness (QED) is 0.650. The van der Waals surface area contributed by atoms with Crippen LogP contribution in [-0.4, -0.2) is 88.7 Å². The fourth-order valence-electron chi connectivity index (χ4n) is 4.31. The van der Waals surface area contributed by atoms with E-state index >= 15 is 0 Å². The number of carbonyl (C=O) groups is 3. The summed E-state index contributed by atoms with van der Waals surface area (Å²) in [7, 11) is 0. The number of urea groups is 1. The fraction of sp³-hybridized carbons (Fsp3) is 0.550. The maximum Gasteiger partial charge on any atom is 0.416 e. The van der Waals surface area contributed by atoms with E-state index in [0.29, 0.717) is 19.0 Å². The lowest BCUT2D eigenvalue weighted by molar-refractivity contribution is -0.137. The average molecular weight is 474 g/mol. The van der Waals surface area contributed by atoms with Crippen molar-refractivity contribution < 1.29 is 41.8 Å². The molecule has 0 spiro atoms. The van der Waals surface area contributed by atoms with Crippen molar-refractivity contribution in [3.63, 3.8) is 0 Å². The Balaban J connectivity index is 1.26. The first-order chi connectivity index (χ1) is 15.5. The first-order valence-electron chi connectivity index (χ1n) is 10.3. The molecule has 180 valence electrons. The molecule has 3 fully saturated rings. The lowest BCUT2D eigenvalue weighted by Gasteiger charge is -2.48. The minimum atomic E-state index is -4.63. The number of hydrogen-bond donors (Lipinski definition) is 2. The van der Waals surface area contributed by atoms with Gasteiger partial charge < -0.3 is 25.0 Å². The molecule has 2 unspecified atom stereocenters. The van der Waals surface area contributed by atoms with Crippen LogP contribution in [-0.2, 0) is 22.3 Å². The highest BCUT2D eigenvalue weighted by atomic mass is 19.4. The van der Waals surface area contributed by atoms with Crippen molar-refractivity contribution in [2.24, 2.45) is 0 Å². The number of amides is 4. The predicted molar refractivity (Wildman–Crippen MR) is 104 cm³/mol. The van der Waals surface area contributed by atoms with Crippen LogP contribution in [0.25, 0.3) is 0 Å². The number of piperazine rings is 1. The van der Waals surface area contributed by atoms with Gasteiger partial charge in [0.2, 0.25) is 5.91 Å². The molecule has 13 heteroatoms. The average Bonchev–Trinajstić information content (AvgIpc) is 2.71. The second kappa shape index (κ2) is 8.69. The largest absolute Gasteiger partial charge is 0.465 e. The third-order valence-corrected chi connectivity index (χ3v) is 6.13. The number of likely N-dealkylation sites (tertiary alicyclic amines) is 2. The van der Waals surface area contributed by atoms with Gasteiger partial charge in [-0.2, -0.15) is 13.2 Å². The van der Waals surface area contributed by atoms with Gasteiger partial charge in [0.15, 0.2) is 0 Å². The van der Waals surface area contributed by atoms with E-state index in [0.717, 1.165) is 17.0 Å². The summed E-state index contributed by atoms with van der Waals surface area (Å²) >= 11 is 0. The first-order valence-corrected chi connectivity index (χ1v) is 10.3. The molecule has 1 aromatic carbocycles. The zero-order valence-corrected chi connectivity index (χ0v) is 17.3. The molecule has 2 N–H and O–H groups in total. The number of nitrogens with one attached hydrogen (secondary N) is 1. The molecule has 0 radical (unpaired) electrons. The van der Waals surface area contributed by atoms with E-state index in [1.165, 1.54) is 4.90 Å². The summed E-state index contributed by atoms with van der Waals surface area (Å²) in [6.07, 6.45) is -5.79. The highest BCUT2D eigenvalue weighted by Gasteiger charge is 2.44. The third kappa shape index (κ3) is 4.82. The topological polar surface area (TPSA) is 102 Å². The first kappa shape index (κ1) is 23.1. The van der Waals surface area contributed by atoms with E-state index in [2.05, 4.69) is 5.32 Å². The number of carbonyl (C=O) groups excluding carboxylic acids is 2. The Morgan fingerprint density at radius 3 is 2.55 bits per heavy atom. The fourth-order valence-corrected chi connectivity index (χ4v) is 4.31. The molecule has 3 aliphatic heterocycles. The molecule has 3 heterocycles. The van der Waals surface area contributed by atoms with Gasteiger partial charge in [-0.05, 0) is 18.6 Å². The van der Waals surface area contributed by atoms with Gasteiger partial charge in [-0.15, -0.1) is 0 Å². The standard InChI is InChI=1S/C20H22F4N4O5/c21-14-5-12(20(22,23)24)2-1-11(14)10-33-13-6-27(7-13)18(30)26-4-3-16-15(8-26)25-17(29)9-28(16)19(31)32/h1-2,5,13,15-16H,3-4,6-10H2,(H,25,29)(H,31,32). The van der Waals surface area contributed by atoms with Crippen molar-refractivity contribution in [3.05, 3.63) is 35.1 Å². The minimum Gasteiger partial charge on any atom is -0.465 e. The number of fused-ring (bicyclic) bond motifs is 1. The molecule has 4 rings (SSSR count). The molecule has 4 amide bonds. The van der Waals surface area contributed by atoms with Gasteiger partial charge in [-0.3, -0.25) is 9.69 Å². The number of nitrogens with zero attached hydrogens (tertiary/aromatic N) is 3. The second-order valence-corrected chi connectivity index (χ2v) is 8.31. The van der Waals surface area contributed by atoms with E-state index in [-0.39, 0.29) is 50.5 Å². The van der Waals surface area contributed by atoms with Gasteiger partial charge in [-0.25, -0.2) is 14.0 Å². The van der Waals surface area contributed by atoms with Crippen molar-refractivity contribution >= 4 is 18.0 Å². The molecule has 0 aromatic heterocycles. The minimum absolute atomic E-state index is 0.00845. The lowest BCUT2D eigenvalue weighted by Crippen LogP contribution is -2.69. The van der Waals surface area contributed by atoms with Gasteiger partial charge in [0, 0.05) is 18.7 Å². The summed E-state index contributed by atoms with van der Waals surface area (Å²) in [5.74, 6) is -1.43. The molecule has 0 bridgehead atoms. The van der Waals surface area contributed by atoms with Crippen LogP contribution in [0, 0.1) is 5.82 Å². The van der Waals surface area contributed by atoms with Crippen LogP contribution in [0.5, 0.6) is 0 Å². The van der Waals surface area contributed by atoms with E-state index < -0.39 is 41.6 Å². The van der Waals surface area contributed by atoms with Gasteiger partial charge in [-0.1, -0.05) is 6.07 Å². The highest BCUT2D eigenvalue weighted by molar-refractivity contribution is 5.84. The summed E-state index contributed by atoms with van der Waals surface area (Å²) < 4.78 is 57.3. The van der Waals surface area contributed by atoms with E-state index in [1.54, 1.807) is 4.90 Å². The highest BCUT2D eigenvalue weighted by Crippen LogP contribution is 2.30. The third-order valence-electron chi connectivity index (χ3n) is 6.13. The monoisotopic (exact) mass is 474 g/mol. The summed E-state index contributed by atoms with van der Waals surface area (Å²) in [6.45, 7) is 0.533. The Kier molecular flexibility index (Phi) is 6.08. The van der Waals surface area contributed by atoms with Crippen LogP contribution in [0.4, 0.5) is 27.2 Å².